The third kappa shape index (κ3) is 3.56. The number of likely N-dealkylation sites (N-methyl/N-ethyl adjacent to an activating group) is 1. The first-order chi connectivity index (χ1) is 6.63. The molecule has 0 aliphatic carbocycles. The molecule has 0 bridgehead atoms. The van der Waals surface area contributed by atoms with E-state index in [2.05, 4.69) is 31.1 Å². The van der Waals surface area contributed by atoms with E-state index >= 15 is 0 Å². The summed E-state index contributed by atoms with van der Waals surface area (Å²) in [7, 11) is 2.19. The first-order valence-corrected chi connectivity index (χ1v) is 5.75. The lowest BCUT2D eigenvalue weighted by Crippen LogP contribution is -2.38. The maximum absolute atomic E-state index is 5.74. The van der Waals surface area contributed by atoms with Crippen LogP contribution in [0.1, 0.15) is 20.3 Å². The normalized spacial score (nSPS) is 25.9. The van der Waals surface area contributed by atoms with Crippen molar-refractivity contribution in [2.24, 2.45) is 17.6 Å². The van der Waals surface area contributed by atoms with Gasteiger partial charge in [0.2, 0.25) is 0 Å². The highest BCUT2D eigenvalue weighted by Gasteiger charge is 2.20. The van der Waals surface area contributed by atoms with Gasteiger partial charge in [0.25, 0.3) is 0 Å². The molecule has 1 aliphatic rings. The topological polar surface area (TPSA) is 41.3 Å². The average Bonchev–Trinajstić information content (AvgIpc) is 2.52. The number of nitrogens with two attached hydrogens (primary N) is 1. The van der Waals surface area contributed by atoms with Crippen LogP contribution in [0.2, 0.25) is 0 Å². The SMILES string of the molecule is CC(C)C(CN)CNC1CCN(C)C1. The fourth-order valence-electron chi connectivity index (χ4n) is 2.01. The molecule has 1 saturated heterocycles. The smallest absolute Gasteiger partial charge is 0.0207 e. The van der Waals surface area contributed by atoms with Crippen LogP contribution in [-0.4, -0.2) is 44.2 Å². The molecule has 1 fully saturated rings. The highest BCUT2D eigenvalue weighted by Crippen LogP contribution is 2.10. The summed E-state index contributed by atoms with van der Waals surface area (Å²) in [5, 5.41) is 3.62. The van der Waals surface area contributed by atoms with Crippen LogP contribution < -0.4 is 11.1 Å². The Bertz CT molecular complexity index is 159. The molecule has 2 atom stereocenters. The molecule has 14 heavy (non-hydrogen) atoms. The number of likely N-dealkylation sites (tertiary alicyclic amines) is 1. The van der Waals surface area contributed by atoms with Crippen molar-refractivity contribution in [1.29, 1.82) is 0 Å². The summed E-state index contributed by atoms with van der Waals surface area (Å²) < 4.78 is 0. The highest BCUT2D eigenvalue weighted by molar-refractivity contribution is 4.80. The fraction of sp³-hybridized carbons (Fsp3) is 1.00. The minimum absolute atomic E-state index is 0.626. The Kier molecular flexibility index (Phi) is 4.85. The minimum atomic E-state index is 0.626. The molecule has 0 amide bonds. The van der Waals surface area contributed by atoms with Crippen molar-refractivity contribution < 1.29 is 0 Å². The zero-order valence-electron chi connectivity index (χ0n) is 9.79. The minimum Gasteiger partial charge on any atom is -0.330 e. The summed E-state index contributed by atoms with van der Waals surface area (Å²) in [6.45, 7) is 8.79. The molecule has 0 radical (unpaired) electrons. The summed E-state index contributed by atoms with van der Waals surface area (Å²) in [4.78, 5) is 2.38. The van der Waals surface area contributed by atoms with Gasteiger partial charge in [-0.1, -0.05) is 13.8 Å². The van der Waals surface area contributed by atoms with E-state index in [1.165, 1.54) is 19.5 Å². The molecule has 1 aliphatic heterocycles. The van der Waals surface area contributed by atoms with Crippen molar-refractivity contribution in [2.45, 2.75) is 26.3 Å². The zero-order valence-corrected chi connectivity index (χ0v) is 9.79. The first-order valence-electron chi connectivity index (χ1n) is 5.75. The van der Waals surface area contributed by atoms with Crippen molar-refractivity contribution in [1.82, 2.24) is 10.2 Å². The summed E-state index contributed by atoms with van der Waals surface area (Å²) in [5.74, 6) is 1.31. The van der Waals surface area contributed by atoms with Crippen molar-refractivity contribution >= 4 is 0 Å². The Hall–Kier alpha value is -0.120. The van der Waals surface area contributed by atoms with Crippen LogP contribution in [-0.2, 0) is 0 Å². The molecule has 84 valence electrons. The second-order valence-electron chi connectivity index (χ2n) is 4.90. The summed E-state index contributed by atoms with van der Waals surface area (Å²) in [6, 6.07) is 0.688. The predicted octanol–water partition coefficient (Wildman–Crippen LogP) is 0.511. The van der Waals surface area contributed by atoms with Gasteiger partial charge in [-0.05, 0) is 44.9 Å². The molecule has 0 aromatic heterocycles. The lowest BCUT2D eigenvalue weighted by Gasteiger charge is -2.22. The highest BCUT2D eigenvalue weighted by atomic mass is 15.2. The van der Waals surface area contributed by atoms with Gasteiger partial charge in [-0.15, -0.1) is 0 Å². The lowest BCUT2D eigenvalue weighted by atomic mass is 9.96. The summed E-state index contributed by atoms with van der Waals surface area (Å²) in [6.07, 6.45) is 1.28. The monoisotopic (exact) mass is 199 g/mol. The van der Waals surface area contributed by atoms with E-state index in [4.69, 9.17) is 5.73 Å². The van der Waals surface area contributed by atoms with Gasteiger partial charge in [-0.25, -0.2) is 0 Å². The molecular formula is C11H25N3. The molecule has 0 saturated carbocycles. The van der Waals surface area contributed by atoms with Gasteiger partial charge in [0.05, 0.1) is 0 Å². The zero-order chi connectivity index (χ0) is 10.6. The molecule has 1 heterocycles. The standard InChI is InChI=1S/C11H25N3/c1-9(2)10(6-12)7-13-11-4-5-14(3)8-11/h9-11,13H,4-8,12H2,1-3H3. The number of hydrogen-bond acceptors (Lipinski definition) is 3. The summed E-state index contributed by atoms with van der Waals surface area (Å²) >= 11 is 0. The van der Waals surface area contributed by atoms with Gasteiger partial charge in [-0.3, -0.25) is 0 Å². The maximum atomic E-state index is 5.74. The van der Waals surface area contributed by atoms with E-state index < -0.39 is 0 Å². The molecule has 3 heteroatoms. The third-order valence-electron chi connectivity index (χ3n) is 3.31. The molecule has 0 aromatic carbocycles. The van der Waals surface area contributed by atoms with Gasteiger partial charge in [0, 0.05) is 12.6 Å². The molecule has 2 unspecified atom stereocenters. The Balaban J connectivity index is 2.18. The lowest BCUT2D eigenvalue weighted by molar-refractivity contribution is 0.342. The van der Waals surface area contributed by atoms with Crippen LogP contribution in [0, 0.1) is 11.8 Å². The second kappa shape index (κ2) is 5.69. The largest absolute Gasteiger partial charge is 0.330 e. The van der Waals surface area contributed by atoms with E-state index in [-0.39, 0.29) is 0 Å². The summed E-state index contributed by atoms with van der Waals surface area (Å²) in [5.41, 5.74) is 5.74. The van der Waals surface area contributed by atoms with E-state index in [0.717, 1.165) is 13.1 Å². The molecule has 0 spiro atoms. The first kappa shape index (κ1) is 12.0. The van der Waals surface area contributed by atoms with Gasteiger partial charge < -0.3 is 16.0 Å². The van der Waals surface area contributed by atoms with Crippen LogP contribution in [0.15, 0.2) is 0 Å². The molecular weight excluding hydrogens is 174 g/mol. The van der Waals surface area contributed by atoms with Crippen LogP contribution >= 0.6 is 0 Å². The van der Waals surface area contributed by atoms with Gasteiger partial charge >= 0.3 is 0 Å². The van der Waals surface area contributed by atoms with E-state index in [0.29, 0.717) is 17.9 Å². The van der Waals surface area contributed by atoms with Crippen LogP contribution in [0.4, 0.5) is 0 Å². The second-order valence-corrected chi connectivity index (χ2v) is 4.90. The number of hydrogen-bond donors (Lipinski definition) is 2. The van der Waals surface area contributed by atoms with E-state index in [9.17, 15) is 0 Å². The van der Waals surface area contributed by atoms with Crippen LogP contribution in [0.25, 0.3) is 0 Å². The predicted molar refractivity (Wildman–Crippen MR) is 61.3 cm³/mol. The fourth-order valence-corrected chi connectivity index (χ4v) is 2.01. The van der Waals surface area contributed by atoms with Crippen molar-refractivity contribution in [3.05, 3.63) is 0 Å². The number of nitrogens with one attached hydrogen (secondary N) is 1. The van der Waals surface area contributed by atoms with Crippen LogP contribution in [0.3, 0.4) is 0 Å². The van der Waals surface area contributed by atoms with Gasteiger partial charge in [-0.2, -0.15) is 0 Å². The van der Waals surface area contributed by atoms with Crippen molar-refractivity contribution in [2.75, 3.05) is 33.2 Å². The quantitative estimate of drug-likeness (QED) is 0.678. The number of nitrogens with zero attached hydrogens (tertiary/aromatic N) is 1. The number of rotatable bonds is 5. The van der Waals surface area contributed by atoms with Gasteiger partial charge in [0.1, 0.15) is 0 Å². The Morgan fingerprint density at radius 1 is 1.50 bits per heavy atom. The van der Waals surface area contributed by atoms with Crippen molar-refractivity contribution in [3.63, 3.8) is 0 Å². The Labute approximate surface area is 88.0 Å². The van der Waals surface area contributed by atoms with E-state index in [1.807, 2.05) is 0 Å². The molecule has 3 nitrogen and oxygen atoms in total. The van der Waals surface area contributed by atoms with Crippen molar-refractivity contribution in [3.8, 4) is 0 Å². The average molecular weight is 199 g/mol. The third-order valence-corrected chi connectivity index (χ3v) is 3.31. The Morgan fingerprint density at radius 2 is 2.21 bits per heavy atom. The maximum Gasteiger partial charge on any atom is 0.0207 e. The Morgan fingerprint density at radius 3 is 2.64 bits per heavy atom. The van der Waals surface area contributed by atoms with Gasteiger partial charge in [0.15, 0.2) is 0 Å². The molecule has 0 aromatic rings. The molecule has 1 rings (SSSR count). The van der Waals surface area contributed by atoms with E-state index in [1.54, 1.807) is 0 Å². The molecule has 3 N–H and O–H groups in total. The van der Waals surface area contributed by atoms with Crippen LogP contribution in [0.5, 0.6) is 0 Å².